The molecule has 8 heteroatoms. The van der Waals surface area contributed by atoms with Gasteiger partial charge in [0.25, 0.3) is 0 Å². The first-order chi connectivity index (χ1) is 13.0. The molecule has 2 amide bonds. The van der Waals surface area contributed by atoms with Crippen molar-refractivity contribution in [2.24, 2.45) is 0 Å². The van der Waals surface area contributed by atoms with Gasteiger partial charge in [0.05, 0.1) is 16.3 Å². The van der Waals surface area contributed by atoms with Gasteiger partial charge in [0.1, 0.15) is 6.04 Å². The van der Waals surface area contributed by atoms with Crippen LogP contribution < -0.4 is 5.32 Å². The second-order valence-electron chi connectivity index (χ2n) is 6.31. The first-order valence-electron chi connectivity index (χ1n) is 8.32. The van der Waals surface area contributed by atoms with Crippen molar-refractivity contribution < 1.29 is 19.1 Å². The molecule has 27 heavy (non-hydrogen) atoms. The summed E-state index contributed by atoms with van der Waals surface area (Å²) in [4.78, 5) is 38.7. The SMILES string of the molecule is O=C1OC(N2C(=O)CCC2C(=O)Nc2ccc(Cl)cc2Cl)c2ccccc21. The molecule has 6 nitrogen and oxygen atoms in total. The van der Waals surface area contributed by atoms with Crippen molar-refractivity contribution in [3.63, 3.8) is 0 Å². The summed E-state index contributed by atoms with van der Waals surface area (Å²) < 4.78 is 5.40. The summed E-state index contributed by atoms with van der Waals surface area (Å²) in [5, 5.41) is 3.47. The second kappa shape index (κ2) is 6.87. The number of esters is 1. The van der Waals surface area contributed by atoms with Crippen LogP contribution in [0.25, 0.3) is 0 Å². The first kappa shape index (κ1) is 17.8. The highest BCUT2D eigenvalue weighted by Gasteiger charge is 2.46. The van der Waals surface area contributed by atoms with E-state index in [1.807, 2.05) is 0 Å². The summed E-state index contributed by atoms with van der Waals surface area (Å²) >= 11 is 12.0. The molecule has 0 bridgehead atoms. The minimum Gasteiger partial charge on any atom is -0.433 e. The van der Waals surface area contributed by atoms with Crippen molar-refractivity contribution in [3.8, 4) is 0 Å². The lowest BCUT2D eigenvalue weighted by molar-refractivity contribution is -0.144. The van der Waals surface area contributed by atoms with Crippen LogP contribution in [0.15, 0.2) is 42.5 Å². The van der Waals surface area contributed by atoms with Crippen LogP contribution >= 0.6 is 23.2 Å². The Morgan fingerprint density at radius 1 is 1.15 bits per heavy atom. The number of halogens is 2. The molecule has 1 N–H and O–H groups in total. The van der Waals surface area contributed by atoms with Gasteiger partial charge in [-0.15, -0.1) is 0 Å². The highest BCUT2D eigenvalue weighted by atomic mass is 35.5. The van der Waals surface area contributed by atoms with Gasteiger partial charge in [-0.1, -0.05) is 41.4 Å². The Bertz CT molecular complexity index is 962. The minimum atomic E-state index is -0.903. The van der Waals surface area contributed by atoms with Crippen molar-refractivity contribution in [1.82, 2.24) is 4.90 Å². The molecule has 2 heterocycles. The average Bonchev–Trinajstić information content (AvgIpc) is 3.18. The molecule has 1 fully saturated rings. The van der Waals surface area contributed by atoms with E-state index >= 15 is 0 Å². The van der Waals surface area contributed by atoms with Crippen molar-refractivity contribution >= 4 is 46.7 Å². The summed E-state index contributed by atoms with van der Waals surface area (Å²) in [6, 6.07) is 10.8. The molecule has 0 radical (unpaired) electrons. The molecule has 2 aliphatic rings. The van der Waals surface area contributed by atoms with E-state index in [1.54, 1.807) is 36.4 Å². The third-order valence-electron chi connectivity index (χ3n) is 4.67. The quantitative estimate of drug-likeness (QED) is 0.789. The summed E-state index contributed by atoms with van der Waals surface area (Å²) in [7, 11) is 0. The van der Waals surface area contributed by atoms with Crippen LogP contribution in [0, 0.1) is 0 Å². The lowest BCUT2D eigenvalue weighted by Crippen LogP contribution is -2.43. The first-order valence-corrected chi connectivity index (χ1v) is 9.08. The van der Waals surface area contributed by atoms with Crippen molar-refractivity contribution in [2.45, 2.75) is 25.1 Å². The molecule has 2 aliphatic heterocycles. The maximum atomic E-state index is 12.8. The fourth-order valence-corrected chi connectivity index (χ4v) is 3.85. The summed E-state index contributed by atoms with van der Waals surface area (Å²) in [5.41, 5.74) is 1.39. The number of anilines is 1. The smallest absolute Gasteiger partial charge is 0.340 e. The molecule has 0 aromatic heterocycles. The van der Waals surface area contributed by atoms with Gasteiger partial charge >= 0.3 is 5.97 Å². The third-order valence-corrected chi connectivity index (χ3v) is 5.21. The third kappa shape index (κ3) is 3.15. The van der Waals surface area contributed by atoms with E-state index in [-0.39, 0.29) is 12.3 Å². The summed E-state index contributed by atoms with van der Waals surface area (Å²) in [6.45, 7) is 0. The highest BCUT2D eigenvalue weighted by Crippen LogP contribution is 2.38. The molecule has 138 valence electrons. The standard InChI is InChI=1S/C19H14Cl2N2O4/c20-10-5-6-14(13(21)9-10)22-17(25)15-7-8-16(24)23(15)18-11-3-1-2-4-12(11)19(26)27-18/h1-6,9,15,18H,7-8H2,(H,22,25). The molecule has 2 unspecified atom stereocenters. The Hall–Kier alpha value is -2.57. The van der Waals surface area contributed by atoms with Crippen LogP contribution in [0.4, 0.5) is 5.69 Å². The van der Waals surface area contributed by atoms with Crippen molar-refractivity contribution in [1.29, 1.82) is 0 Å². The predicted molar refractivity (Wildman–Crippen MR) is 99.6 cm³/mol. The topological polar surface area (TPSA) is 75.7 Å². The van der Waals surface area contributed by atoms with E-state index in [0.717, 1.165) is 0 Å². The van der Waals surface area contributed by atoms with Gasteiger partial charge in [-0.2, -0.15) is 0 Å². The summed E-state index contributed by atoms with van der Waals surface area (Å²) in [5.74, 6) is -1.15. The molecule has 0 spiro atoms. The van der Waals surface area contributed by atoms with E-state index in [4.69, 9.17) is 27.9 Å². The van der Waals surface area contributed by atoms with Gasteiger partial charge in [0.2, 0.25) is 18.0 Å². The lowest BCUT2D eigenvalue weighted by atomic mass is 10.1. The molecule has 1 saturated heterocycles. The molecule has 0 aliphatic carbocycles. The molecule has 2 atom stereocenters. The van der Waals surface area contributed by atoms with Gasteiger partial charge in [-0.25, -0.2) is 4.79 Å². The Labute approximate surface area is 165 Å². The average molecular weight is 405 g/mol. The van der Waals surface area contributed by atoms with Crippen LogP contribution in [-0.4, -0.2) is 28.7 Å². The Morgan fingerprint density at radius 2 is 1.93 bits per heavy atom. The fourth-order valence-electron chi connectivity index (χ4n) is 3.39. The van der Waals surface area contributed by atoms with E-state index in [2.05, 4.69) is 5.32 Å². The Kier molecular flexibility index (Phi) is 4.53. The maximum Gasteiger partial charge on any atom is 0.340 e. The minimum absolute atomic E-state index is 0.197. The highest BCUT2D eigenvalue weighted by molar-refractivity contribution is 6.36. The number of likely N-dealkylation sites (tertiary alicyclic amines) is 1. The normalized spacial score (nSPS) is 21.2. The molecular formula is C19H14Cl2N2O4. The van der Waals surface area contributed by atoms with Crippen molar-refractivity contribution in [3.05, 3.63) is 63.6 Å². The number of hydrogen-bond donors (Lipinski definition) is 1. The number of amides is 2. The predicted octanol–water partition coefficient (Wildman–Crippen LogP) is 3.79. The van der Waals surface area contributed by atoms with Crippen LogP contribution in [0.5, 0.6) is 0 Å². The van der Waals surface area contributed by atoms with Gasteiger partial charge in [0, 0.05) is 17.0 Å². The van der Waals surface area contributed by atoms with Gasteiger partial charge < -0.3 is 10.1 Å². The number of cyclic esters (lactones) is 1. The van der Waals surface area contributed by atoms with Gasteiger partial charge in [0.15, 0.2) is 0 Å². The zero-order valence-electron chi connectivity index (χ0n) is 13.9. The number of hydrogen-bond acceptors (Lipinski definition) is 4. The van der Waals surface area contributed by atoms with E-state index < -0.39 is 24.1 Å². The number of carbonyl (C=O) groups excluding carboxylic acids is 3. The number of fused-ring (bicyclic) bond motifs is 1. The number of nitrogens with zero attached hydrogens (tertiary/aromatic N) is 1. The van der Waals surface area contributed by atoms with E-state index in [0.29, 0.717) is 33.3 Å². The number of benzene rings is 2. The Morgan fingerprint density at radius 3 is 2.70 bits per heavy atom. The van der Waals surface area contributed by atoms with E-state index in [9.17, 15) is 14.4 Å². The van der Waals surface area contributed by atoms with Gasteiger partial charge in [-0.05, 0) is 30.7 Å². The van der Waals surface area contributed by atoms with Crippen LogP contribution in [0.3, 0.4) is 0 Å². The molecule has 0 saturated carbocycles. The Balaban J connectivity index is 1.60. The van der Waals surface area contributed by atoms with Crippen LogP contribution in [0.1, 0.15) is 35.0 Å². The van der Waals surface area contributed by atoms with Gasteiger partial charge in [-0.3, -0.25) is 14.5 Å². The van der Waals surface area contributed by atoms with E-state index in [1.165, 1.54) is 11.0 Å². The van der Waals surface area contributed by atoms with Crippen LogP contribution in [-0.2, 0) is 14.3 Å². The van der Waals surface area contributed by atoms with Crippen molar-refractivity contribution in [2.75, 3.05) is 5.32 Å². The number of nitrogens with one attached hydrogen (secondary N) is 1. The lowest BCUT2D eigenvalue weighted by Gasteiger charge is -2.29. The maximum absolute atomic E-state index is 12.8. The number of rotatable bonds is 3. The number of ether oxygens (including phenoxy) is 1. The zero-order chi connectivity index (χ0) is 19.1. The molecule has 2 aromatic carbocycles. The molecule has 4 rings (SSSR count). The monoisotopic (exact) mass is 404 g/mol. The second-order valence-corrected chi connectivity index (χ2v) is 7.16. The largest absolute Gasteiger partial charge is 0.433 e. The molecule has 2 aromatic rings. The number of carbonyl (C=O) groups is 3. The zero-order valence-corrected chi connectivity index (χ0v) is 15.5. The summed E-state index contributed by atoms with van der Waals surface area (Å²) in [6.07, 6.45) is -0.380. The fraction of sp³-hybridized carbons (Fsp3) is 0.211. The molecular weight excluding hydrogens is 391 g/mol. The van der Waals surface area contributed by atoms with Crippen LogP contribution in [0.2, 0.25) is 10.0 Å².